The lowest BCUT2D eigenvalue weighted by atomic mass is 10.1. The number of rotatable bonds is 9. The van der Waals surface area contributed by atoms with E-state index < -0.39 is 0 Å². The maximum atomic E-state index is 12.1. The molecule has 0 bridgehead atoms. The number of nitrogens with one attached hydrogen (secondary N) is 3. The average Bonchev–Trinajstić information content (AvgIpc) is 2.65. The van der Waals surface area contributed by atoms with Gasteiger partial charge in [0.25, 0.3) is 5.91 Å². The van der Waals surface area contributed by atoms with Crippen molar-refractivity contribution < 1.29 is 9.59 Å². The molecule has 0 aliphatic carbocycles. The van der Waals surface area contributed by atoms with Gasteiger partial charge < -0.3 is 16.0 Å². The first-order valence-electron chi connectivity index (χ1n) is 8.72. The Kier molecular flexibility index (Phi) is 8.12. The van der Waals surface area contributed by atoms with Crippen molar-refractivity contribution in [2.45, 2.75) is 26.3 Å². The van der Waals surface area contributed by atoms with Crippen LogP contribution in [-0.2, 0) is 11.3 Å². The van der Waals surface area contributed by atoms with Crippen molar-refractivity contribution in [1.82, 2.24) is 10.6 Å². The number of para-hydroxylation sites is 1. The molecule has 5 nitrogen and oxygen atoms in total. The standard InChI is InChI=1S/C20H24ClN3O2/c1-2-22-14-16-6-3-4-7-18(16)24-19(25)8-5-13-23-20(26)15-9-11-17(21)12-10-15/h3-4,6-7,9-12,22H,2,5,8,13-14H2,1H3,(H,23,26)(H,24,25). The number of amides is 2. The number of hydrogen-bond acceptors (Lipinski definition) is 3. The SMILES string of the molecule is CCNCc1ccccc1NC(=O)CCCNC(=O)c1ccc(Cl)cc1. The molecule has 0 spiro atoms. The lowest BCUT2D eigenvalue weighted by molar-refractivity contribution is -0.116. The van der Waals surface area contributed by atoms with Crippen LogP contribution in [0.15, 0.2) is 48.5 Å². The summed E-state index contributed by atoms with van der Waals surface area (Å²) in [5.74, 6) is -0.229. The summed E-state index contributed by atoms with van der Waals surface area (Å²) in [5, 5.41) is 9.59. The molecule has 0 aromatic heterocycles. The van der Waals surface area contributed by atoms with Crippen LogP contribution in [0, 0.1) is 0 Å². The molecule has 2 amide bonds. The second kappa shape index (κ2) is 10.6. The van der Waals surface area contributed by atoms with E-state index >= 15 is 0 Å². The molecular formula is C20H24ClN3O2. The summed E-state index contributed by atoms with van der Waals surface area (Å²) in [6, 6.07) is 14.4. The maximum absolute atomic E-state index is 12.1. The van der Waals surface area contributed by atoms with E-state index in [-0.39, 0.29) is 11.8 Å². The first-order chi connectivity index (χ1) is 12.6. The number of carbonyl (C=O) groups excluding carboxylic acids is 2. The van der Waals surface area contributed by atoms with Crippen LogP contribution >= 0.6 is 11.6 Å². The molecule has 0 heterocycles. The largest absolute Gasteiger partial charge is 0.352 e. The molecular weight excluding hydrogens is 350 g/mol. The summed E-state index contributed by atoms with van der Waals surface area (Å²) in [7, 11) is 0. The Labute approximate surface area is 159 Å². The van der Waals surface area contributed by atoms with E-state index in [0.29, 0.717) is 36.5 Å². The third-order valence-corrected chi connectivity index (χ3v) is 4.08. The van der Waals surface area contributed by atoms with E-state index in [1.807, 2.05) is 31.2 Å². The van der Waals surface area contributed by atoms with Gasteiger partial charge in [-0.05, 0) is 48.9 Å². The van der Waals surface area contributed by atoms with Gasteiger partial charge >= 0.3 is 0 Å². The minimum Gasteiger partial charge on any atom is -0.352 e. The van der Waals surface area contributed by atoms with Crippen molar-refractivity contribution in [3.8, 4) is 0 Å². The van der Waals surface area contributed by atoms with Crippen molar-refractivity contribution >= 4 is 29.1 Å². The van der Waals surface area contributed by atoms with Crippen molar-refractivity contribution in [2.75, 3.05) is 18.4 Å². The topological polar surface area (TPSA) is 70.2 Å². The van der Waals surface area contributed by atoms with Crippen molar-refractivity contribution in [2.24, 2.45) is 0 Å². The Bertz CT molecular complexity index is 732. The van der Waals surface area contributed by atoms with Gasteiger partial charge in [0.05, 0.1) is 0 Å². The predicted molar refractivity (Wildman–Crippen MR) is 105 cm³/mol. The molecule has 0 radical (unpaired) electrons. The van der Waals surface area contributed by atoms with E-state index in [1.54, 1.807) is 24.3 Å². The van der Waals surface area contributed by atoms with Crippen LogP contribution in [0.4, 0.5) is 5.69 Å². The average molecular weight is 374 g/mol. The highest BCUT2D eigenvalue weighted by Crippen LogP contribution is 2.15. The van der Waals surface area contributed by atoms with Gasteiger partial charge in [-0.15, -0.1) is 0 Å². The molecule has 0 saturated heterocycles. The van der Waals surface area contributed by atoms with E-state index in [1.165, 1.54) is 0 Å². The van der Waals surface area contributed by atoms with E-state index in [0.717, 1.165) is 17.8 Å². The Morgan fingerprint density at radius 2 is 1.77 bits per heavy atom. The molecule has 0 fully saturated rings. The van der Waals surface area contributed by atoms with Gasteiger partial charge in [0.2, 0.25) is 5.91 Å². The smallest absolute Gasteiger partial charge is 0.251 e. The predicted octanol–water partition coefficient (Wildman–Crippen LogP) is 3.60. The zero-order valence-electron chi connectivity index (χ0n) is 14.8. The van der Waals surface area contributed by atoms with Crippen molar-refractivity contribution in [1.29, 1.82) is 0 Å². The zero-order valence-corrected chi connectivity index (χ0v) is 15.6. The summed E-state index contributed by atoms with van der Waals surface area (Å²) >= 11 is 5.80. The Hall–Kier alpha value is -2.37. The lowest BCUT2D eigenvalue weighted by Crippen LogP contribution is -2.25. The van der Waals surface area contributed by atoms with Crippen LogP contribution in [-0.4, -0.2) is 24.9 Å². The second-order valence-electron chi connectivity index (χ2n) is 5.85. The fraction of sp³-hybridized carbons (Fsp3) is 0.300. The number of carbonyl (C=O) groups is 2. The molecule has 0 unspecified atom stereocenters. The van der Waals surface area contributed by atoms with Gasteiger partial charge in [-0.2, -0.15) is 0 Å². The van der Waals surface area contributed by atoms with E-state index in [4.69, 9.17) is 11.6 Å². The van der Waals surface area contributed by atoms with E-state index in [2.05, 4.69) is 16.0 Å². The fourth-order valence-electron chi connectivity index (χ4n) is 2.42. The second-order valence-corrected chi connectivity index (χ2v) is 6.29. The van der Waals surface area contributed by atoms with Gasteiger partial charge in [-0.25, -0.2) is 0 Å². The monoisotopic (exact) mass is 373 g/mol. The Balaban J connectivity index is 1.74. The molecule has 2 aromatic carbocycles. The summed E-state index contributed by atoms with van der Waals surface area (Å²) in [5.41, 5.74) is 2.43. The third-order valence-electron chi connectivity index (χ3n) is 3.83. The highest BCUT2D eigenvalue weighted by Gasteiger charge is 2.08. The van der Waals surface area contributed by atoms with Gasteiger partial charge in [0, 0.05) is 35.8 Å². The minimum atomic E-state index is -0.168. The Morgan fingerprint density at radius 1 is 1.04 bits per heavy atom. The number of benzene rings is 2. The molecule has 6 heteroatoms. The third kappa shape index (κ3) is 6.50. The normalized spacial score (nSPS) is 10.4. The van der Waals surface area contributed by atoms with Crippen LogP contribution in [0.2, 0.25) is 5.02 Å². The Morgan fingerprint density at radius 3 is 2.50 bits per heavy atom. The van der Waals surface area contributed by atoms with Crippen molar-refractivity contribution in [3.05, 3.63) is 64.7 Å². The molecule has 3 N–H and O–H groups in total. The summed E-state index contributed by atoms with van der Waals surface area (Å²) in [6.07, 6.45) is 0.914. The van der Waals surface area contributed by atoms with Crippen LogP contribution in [0.5, 0.6) is 0 Å². The van der Waals surface area contributed by atoms with Gasteiger partial charge in [-0.1, -0.05) is 36.7 Å². The summed E-state index contributed by atoms with van der Waals surface area (Å²) in [4.78, 5) is 24.1. The summed E-state index contributed by atoms with van der Waals surface area (Å²) in [6.45, 7) is 4.06. The van der Waals surface area contributed by atoms with Gasteiger partial charge in [-0.3, -0.25) is 9.59 Å². The first kappa shape index (κ1) is 19.9. The fourth-order valence-corrected chi connectivity index (χ4v) is 2.55. The number of halogens is 1. The number of anilines is 1. The zero-order chi connectivity index (χ0) is 18.8. The maximum Gasteiger partial charge on any atom is 0.251 e. The van der Waals surface area contributed by atoms with Crippen LogP contribution in [0.1, 0.15) is 35.7 Å². The van der Waals surface area contributed by atoms with Crippen LogP contribution < -0.4 is 16.0 Å². The minimum absolute atomic E-state index is 0.0605. The molecule has 2 rings (SSSR count). The van der Waals surface area contributed by atoms with Crippen LogP contribution in [0.3, 0.4) is 0 Å². The van der Waals surface area contributed by atoms with Crippen LogP contribution in [0.25, 0.3) is 0 Å². The lowest BCUT2D eigenvalue weighted by Gasteiger charge is -2.11. The molecule has 26 heavy (non-hydrogen) atoms. The number of hydrogen-bond donors (Lipinski definition) is 3. The molecule has 0 aliphatic heterocycles. The molecule has 138 valence electrons. The highest BCUT2D eigenvalue weighted by molar-refractivity contribution is 6.30. The molecule has 2 aromatic rings. The van der Waals surface area contributed by atoms with Crippen molar-refractivity contribution in [3.63, 3.8) is 0 Å². The molecule has 0 aliphatic rings. The van der Waals surface area contributed by atoms with E-state index in [9.17, 15) is 9.59 Å². The summed E-state index contributed by atoms with van der Waals surface area (Å²) < 4.78 is 0. The van der Waals surface area contributed by atoms with Gasteiger partial charge in [0.1, 0.15) is 0 Å². The highest BCUT2D eigenvalue weighted by atomic mass is 35.5. The quantitative estimate of drug-likeness (QED) is 0.588. The molecule has 0 saturated carbocycles. The van der Waals surface area contributed by atoms with Gasteiger partial charge in [0.15, 0.2) is 0 Å². The molecule has 0 atom stereocenters. The first-order valence-corrected chi connectivity index (χ1v) is 9.10.